The number of hydrogen-bond acceptors (Lipinski definition) is 3. The van der Waals surface area contributed by atoms with Gasteiger partial charge in [-0.15, -0.1) is 0 Å². The van der Waals surface area contributed by atoms with E-state index in [2.05, 4.69) is 22.1 Å². The summed E-state index contributed by atoms with van der Waals surface area (Å²) in [6.07, 6.45) is 2.44. The minimum Gasteiger partial charge on any atom is -0.349 e. The van der Waals surface area contributed by atoms with Gasteiger partial charge in [0.2, 0.25) is 5.91 Å². The van der Waals surface area contributed by atoms with E-state index in [-0.39, 0.29) is 11.3 Å². The molecular weight excluding hydrogens is 378 g/mol. The van der Waals surface area contributed by atoms with Crippen LogP contribution < -0.4 is 10.6 Å². The number of aromatic nitrogens is 1. The summed E-state index contributed by atoms with van der Waals surface area (Å²) < 4.78 is 28.2. The van der Waals surface area contributed by atoms with E-state index < -0.39 is 30.0 Å². The average Bonchev–Trinajstić information content (AvgIpc) is 2.94. The summed E-state index contributed by atoms with van der Waals surface area (Å²) in [6.45, 7) is 6.34. The first-order valence-corrected chi connectivity index (χ1v) is 9.08. The molecule has 0 radical (unpaired) electrons. The Bertz CT molecular complexity index is 1000. The lowest BCUT2D eigenvalue weighted by Gasteiger charge is -2.08. The summed E-state index contributed by atoms with van der Waals surface area (Å²) >= 11 is 0. The number of anilines is 1. The molecule has 0 bridgehead atoms. The van der Waals surface area contributed by atoms with Crippen LogP contribution in [0, 0.1) is 36.8 Å². The third-order valence-corrected chi connectivity index (χ3v) is 4.34. The molecule has 1 aromatic heterocycles. The van der Waals surface area contributed by atoms with Crippen molar-refractivity contribution in [1.29, 1.82) is 5.26 Å². The van der Waals surface area contributed by atoms with Crippen molar-refractivity contribution in [2.45, 2.75) is 33.7 Å². The van der Waals surface area contributed by atoms with Gasteiger partial charge >= 0.3 is 0 Å². The van der Waals surface area contributed by atoms with Gasteiger partial charge in [-0.1, -0.05) is 6.92 Å². The maximum atomic E-state index is 13.2. The molecule has 0 fully saturated rings. The van der Waals surface area contributed by atoms with Crippen molar-refractivity contribution in [3.63, 3.8) is 0 Å². The highest BCUT2D eigenvalue weighted by atomic mass is 19.2. The summed E-state index contributed by atoms with van der Waals surface area (Å²) in [4.78, 5) is 24.2. The van der Waals surface area contributed by atoms with Gasteiger partial charge in [0.25, 0.3) is 5.91 Å². The van der Waals surface area contributed by atoms with Gasteiger partial charge in [0.1, 0.15) is 11.6 Å². The molecule has 2 amide bonds. The van der Waals surface area contributed by atoms with Gasteiger partial charge < -0.3 is 15.2 Å². The Kier molecular flexibility index (Phi) is 7.26. The highest BCUT2D eigenvalue weighted by molar-refractivity contribution is 6.04. The molecule has 2 aromatic rings. The first kappa shape index (κ1) is 21.8. The van der Waals surface area contributed by atoms with Gasteiger partial charge in [-0.3, -0.25) is 9.59 Å². The number of nitrogens with one attached hydrogen (secondary N) is 2. The number of amides is 2. The number of carbonyl (C=O) groups excluding carboxylic acids is 2. The lowest BCUT2D eigenvalue weighted by Crippen LogP contribution is -2.33. The van der Waals surface area contributed by atoms with E-state index >= 15 is 0 Å². The second-order valence-electron chi connectivity index (χ2n) is 6.51. The highest BCUT2D eigenvalue weighted by Gasteiger charge is 2.14. The van der Waals surface area contributed by atoms with Crippen molar-refractivity contribution in [3.8, 4) is 6.07 Å². The van der Waals surface area contributed by atoms with Crippen molar-refractivity contribution in [2.24, 2.45) is 0 Å². The summed E-state index contributed by atoms with van der Waals surface area (Å²) in [5.41, 5.74) is 2.65. The normalized spacial score (nSPS) is 11.1. The van der Waals surface area contributed by atoms with Crippen LogP contribution in [0.5, 0.6) is 0 Å². The third kappa shape index (κ3) is 5.51. The van der Waals surface area contributed by atoms with Gasteiger partial charge in [-0.25, -0.2) is 8.78 Å². The first-order chi connectivity index (χ1) is 13.8. The van der Waals surface area contributed by atoms with Crippen LogP contribution in [-0.2, 0) is 16.1 Å². The van der Waals surface area contributed by atoms with Crippen LogP contribution in [0.4, 0.5) is 14.5 Å². The maximum absolute atomic E-state index is 13.2. The number of nitriles is 1. The molecule has 0 saturated heterocycles. The minimum atomic E-state index is -1.10. The zero-order chi connectivity index (χ0) is 21.6. The summed E-state index contributed by atoms with van der Waals surface area (Å²) in [6, 6.07) is 6.65. The van der Waals surface area contributed by atoms with E-state index in [0.717, 1.165) is 42.0 Å². The molecule has 1 aromatic carbocycles. The van der Waals surface area contributed by atoms with E-state index in [0.29, 0.717) is 0 Å². The van der Waals surface area contributed by atoms with E-state index in [1.165, 1.54) is 12.1 Å². The molecule has 0 atom stereocenters. The molecule has 2 rings (SSSR count). The van der Waals surface area contributed by atoms with E-state index in [9.17, 15) is 23.6 Å². The van der Waals surface area contributed by atoms with E-state index in [1.54, 1.807) is 0 Å². The van der Waals surface area contributed by atoms with Crippen molar-refractivity contribution in [2.75, 3.05) is 11.9 Å². The fourth-order valence-corrected chi connectivity index (χ4v) is 2.88. The summed E-state index contributed by atoms with van der Waals surface area (Å²) in [7, 11) is 0. The molecule has 0 unspecified atom stereocenters. The van der Waals surface area contributed by atoms with Crippen molar-refractivity contribution in [1.82, 2.24) is 9.88 Å². The third-order valence-electron chi connectivity index (χ3n) is 4.34. The molecule has 0 spiro atoms. The Hall–Kier alpha value is -3.47. The zero-order valence-electron chi connectivity index (χ0n) is 16.5. The lowest BCUT2D eigenvalue weighted by molar-refractivity contribution is -0.121. The highest BCUT2D eigenvalue weighted by Crippen LogP contribution is 2.19. The molecule has 8 heteroatoms. The zero-order valence-corrected chi connectivity index (χ0v) is 16.5. The minimum absolute atomic E-state index is 0.0579. The predicted molar refractivity (Wildman–Crippen MR) is 106 cm³/mol. The monoisotopic (exact) mass is 400 g/mol. The smallest absolute Gasteiger partial charge is 0.262 e. The molecule has 152 valence electrons. The molecule has 0 aliphatic rings. The Morgan fingerprint density at radius 1 is 1.21 bits per heavy atom. The Morgan fingerprint density at radius 2 is 1.93 bits per heavy atom. The fourth-order valence-electron chi connectivity index (χ4n) is 2.88. The standard InChI is InChI=1S/C21H22F2N4O2/c1-4-7-27-13(2)8-15(14(27)3)9-16(11-24)21(29)25-12-20(28)26-17-5-6-18(22)19(23)10-17/h5-6,8-10H,4,7,12H2,1-3H3,(H,25,29)(H,26,28). The Morgan fingerprint density at radius 3 is 2.55 bits per heavy atom. The summed E-state index contributed by atoms with van der Waals surface area (Å²) in [5.74, 6) is -3.46. The van der Waals surface area contributed by atoms with Crippen LogP contribution in [0.1, 0.15) is 30.3 Å². The number of rotatable bonds is 7. The molecule has 6 nitrogen and oxygen atoms in total. The van der Waals surface area contributed by atoms with E-state index in [4.69, 9.17) is 0 Å². The maximum Gasteiger partial charge on any atom is 0.262 e. The quantitative estimate of drug-likeness (QED) is 0.551. The summed E-state index contributed by atoms with van der Waals surface area (Å²) in [5, 5.41) is 14.0. The number of aryl methyl sites for hydroxylation is 1. The lowest BCUT2D eigenvalue weighted by atomic mass is 10.1. The molecule has 0 aliphatic carbocycles. The van der Waals surface area contributed by atoms with Gasteiger partial charge in [0.15, 0.2) is 11.6 Å². The second-order valence-corrected chi connectivity index (χ2v) is 6.51. The van der Waals surface area contributed by atoms with Crippen molar-refractivity contribution in [3.05, 3.63) is 58.4 Å². The van der Waals surface area contributed by atoms with Crippen LogP contribution >= 0.6 is 0 Å². The molecule has 29 heavy (non-hydrogen) atoms. The largest absolute Gasteiger partial charge is 0.349 e. The second kappa shape index (κ2) is 9.64. The Labute approximate surface area is 167 Å². The Balaban J connectivity index is 2.03. The van der Waals surface area contributed by atoms with Gasteiger partial charge in [0, 0.05) is 29.7 Å². The molecule has 0 saturated carbocycles. The number of halogens is 2. The topological polar surface area (TPSA) is 86.9 Å². The average molecular weight is 400 g/mol. The number of hydrogen-bond donors (Lipinski definition) is 2. The van der Waals surface area contributed by atoms with Crippen LogP contribution in [0.15, 0.2) is 29.8 Å². The fraction of sp³-hybridized carbons (Fsp3) is 0.286. The number of carbonyl (C=O) groups is 2. The molecular formula is C21H22F2N4O2. The molecule has 0 aliphatic heterocycles. The number of benzene rings is 1. The number of nitrogens with zero attached hydrogens (tertiary/aromatic N) is 2. The SMILES string of the molecule is CCCn1c(C)cc(C=C(C#N)C(=O)NCC(=O)Nc2ccc(F)c(F)c2)c1C. The van der Waals surface area contributed by atoms with Gasteiger partial charge in [-0.05, 0) is 50.1 Å². The predicted octanol–water partition coefficient (Wildman–Crippen LogP) is 3.46. The first-order valence-electron chi connectivity index (χ1n) is 9.08. The van der Waals surface area contributed by atoms with Gasteiger partial charge in [0.05, 0.1) is 6.54 Å². The van der Waals surface area contributed by atoms with Gasteiger partial charge in [-0.2, -0.15) is 5.26 Å². The van der Waals surface area contributed by atoms with Crippen LogP contribution in [0.25, 0.3) is 6.08 Å². The van der Waals surface area contributed by atoms with Crippen LogP contribution in [0.2, 0.25) is 0 Å². The van der Waals surface area contributed by atoms with E-state index in [1.807, 2.05) is 26.0 Å². The van der Waals surface area contributed by atoms with Crippen LogP contribution in [-0.4, -0.2) is 22.9 Å². The van der Waals surface area contributed by atoms with Crippen molar-refractivity contribution < 1.29 is 18.4 Å². The molecule has 1 heterocycles. The van der Waals surface area contributed by atoms with Crippen LogP contribution in [0.3, 0.4) is 0 Å². The molecule has 2 N–H and O–H groups in total. The van der Waals surface area contributed by atoms with Crippen molar-refractivity contribution >= 4 is 23.6 Å².